The Morgan fingerprint density at radius 3 is 2.78 bits per heavy atom. The number of halogens is 2. The summed E-state index contributed by atoms with van der Waals surface area (Å²) >= 11 is 0. The van der Waals surface area contributed by atoms with Crippen molar-refractivity contribution in [2.45, 2.75) is 26.3 Å². The first kappa shape index (κ1) is 14.1. The molecule has 1 atom stereocenters. The van der Waals surface area contributed by atoms with Crippen LogP contribution in [-0.4, -0.2) is 23.5 Å². The van der Waals surface area contributed by atoms with E-state index in [0.29, 0.717) is 12.6 Å². The van der Waals surface area contributed by atoms with Crippen LogP contribution in [0.25, 0.3) is 0 Å². The van der Waals surface area contributed by atoms with E-state index in [1.807, 2.05) is 6.92 Å². The molecule has 0 fully saturated rings. The van der Waals surface area contributed by atoms with Crippen molar-refractivity contribution in [2.75, 3.05) is 17.6 Å². The van der Waals surface area contributed by atoms with Gasteiger partial charge < -0.3 is 16.4 Å². The van der Waals surface area contributed by atoms with Crippen LogP contribution in [0.1, 0.15) is 20.3 Å². The maximum atomic E-state index is 13.4. The Kier molecular flexibility index (Phi) is 4.82. The number of hydrogen-bond acceptors (Lipinski definition) is 4. The van der Waals surface area contributed by atoms with Crippen LogP contribution < -0.4 is 16.4 Å². The highest BCUT2D eigenvalue weighted by molar-refractivity contribution is 5.83. The number of amides is 1. The maximum absolute atomic E-state index is 13.4. The van der Waals surface area contributed by atoms with E-state index in [4.69, 9.17) is 5.73 Å². The number of pyridine rings is 1. The first-order valence-electron chi connectivity index (χ1n) is 5.61. The molecule has 1 heterocycles. The minimum Gasteiger partial charge on any atom is -0.381 e. The van der Waals surface area contributed by atoms with Crippen LogP contribution in [0.15, 0.2) is 6.07 Å². The SMILES string of the molecule is CCCNC(=O)C(C)Nc1nc(N)c(F)cc1F. The molecular formula is C11H16F2N4O. The largest absolute Gasteiger partial charge is 0.381 e. The van der Waals surface area contributed by atoms with Crippen LogP contribution >= 0.6 is 0 Å². The monoisotopic (exact) mass is 258 g/mol. The van der Waals surface area contributed by atoms with E-state index in [0.717, 1.165) is 6.42 Å². The predicted octanol–water partition coefficient (Wildman–Crippen LogP) is 1.27. The van der Waals surface area contributed by atoms with Gasteiger partial charge in [-0.05, 0) is 13.3 Å². The maximum Gasteiger partial charge on any atom is 0.242 e. The second-order valence-electron chi connectivity index (χ2n) is 3.84. The number of anilines is 2. The zero-order chi connectivity index (χ0) is 13.7. The van der Waals surface area contributed by atoms with E-state index in [-0.39, 0.29) is 11.7 Å². The van der Waals surface area contributed by atoms with E-state index in [1.165, 1.54) is 0 Å². The zero-order valence-corrected chi connectivity index (χ0v) is 10.3. The third-order valence-electron chi connectivity index (χ3n) is 2.25. The molecule has 0 spiro atoms. The molecule has 1 unspecified atom stereocenters. The van der Waals surface area contributed by atoms with E-state index < -0.39 is 23.5 Å². The molecule has 0 bridgehead atoms. The Morgan fingerprint density at radius 1 is 1.50 bits per heavy atom. The van der Waals surface area contributed by atoms with Gasteiger partial charge >= 0.3 is 0 Å². The number of carbonyl (C=O) groups is 1. The number of aromatic nitrogens is 1. The van der Waals surface area contributed by atoms with Gasteiger partial charge in [-0.2, -0.15) is 0 Å². The van der Waals surface area contributed by atoms with Crippen molar-refractivity contribution in [2.24, 2.45) is 0 Å². The highest BCUT2D eigenvalue weighted by Gasteiger charge is 2.16. The third-order valence-corrected chi connectivity index (χ3v) is 2.25. The van der Waals surface area contributed by atoms with Gasteiger partial charge in [-0.3, -0.25) is 4.79 Å². The molecule has 18 heavy (non-hydrogen) atoms. The van der Waals surface area contributed by atoms with Crippen LogP contribution in [0.4, 0.5) is 20.4 Å². The summed E-state index contributed by atoms with van der Waals surface area (Å²) in [6.07, 6.45) is 0.800. The van der Waals surface area contributed by atoms with Crippen LogP contribution in [0.3, 0.4) is 0 Å². The van der Waals surface area contributed by atoms with Gasteiger partial charge in [-0.1, -0.05) is 6.92 Å². The Bertz CT molecular complexity index is 439. The predicted molar refractivity (Wildman–Crippen MR) is 65.0 cm³/mol. The molecule has 0 radical (unpaired) electrons. The average molecular weight is 258 g/mol. The quantitative estimate of drug-likeness (QED) is 0.743. The molecule has 1 aromatic rings. The molecule has 0 aliphatic carbocycles. The molecule has 0 saturated carbocycles. The second-order valence-corrected chi connectivity index (χ2v) is 3.84. The van der Waals surface area contributed by atoms with E-state index in [9.17, 15) is 13.6 Å². The number of rotatable bonds is 5. The smallest absolute Gasteiger partial charge is 0.242 e. The van der Waals surface area contributed by atoms with Crippen molar-refractivity contribution in [3.8, 4) is 0 Å². The molecule has 0 aliphatic rings. The van der Waals surface area contributed by atoms with Gasteiger partial charge in [-0.25, -0.2) is 13.8 Å². The molecule has 0 aliphatic heterocycles. The summed E-state index contributed by atoms with van der Waals surface area (Å²) in [5.74, 6) is -2.77. The topological polar surface area (TPSA) is 80.0 Å². The molecule has 0 aromatic carbocycles. The van der Waals surface area contributed by atoms with Crippen molar-refractivity contribution in [3.63, 3.8) is 0 Å². The Morgan fingerprint density at radius 2 is 2.17 bits per heavy atom. The number of carbonyl (C=O) groups excluding carboxylic acids is 1. The van der Waals surface area contributed by atoms with Gasteiger partial charge in [0.25, 0.3) is 0 Å². The summed E-state index contributed by atoms with van der Waals surface area (Å²) in [5.41, 5.74) is 5.23. The van der Waals surface area contributed by atoms with Crippen molar-refractivity contribution in [1.82, 2.24) is 10.3 Å². The minimum atomic E-state index is -0.930. The molecule has 5 nitrogen and oxygen atoms in total. The molecule has 0 saturated heterocycles. The highest BCUT2D eigenvalue weighted by Crippen LogP contribution is 2.17. The number of nitrogen functional groups attached to an aromatic ring is 1. The van der Waals surface area contributed by atoms with Gasteiger partial charge in [0.2, 0.25) is 5.91 Å². The van der Waals surface area contributed by atoms with E-state index >= 15 is 0 Å². The highest BCUT2D eigenvalue weighted by atomic mass is 19.1. The lowest BCUT2D eigenvalue weighted by molar-refractivity contribution is -0.121. The average Bonchev–Trinajstić information content (AvgIpc) is 2.32. The van der Waals surface area contributed by atoms with E-state index in [2.05, 4.69) is 15.6 Å². The van der Waals surface area contributed by atoms with Crippen LogP contribution in [0, 0.1) is 11.6 Å². The summed E-state index contributed by atoms with van der Waals surface area (Å²) in [5, 5.41) is 5.18. The van der Waals surface area contributed by atoms with Crippen molar-refractivity contribution >= 4 is 17.5 Å². The summed E-state index contributed by atoms with van der Waals surface area (Å²) in [4.78, 5) is 15.1. The Hall–Kier alpha value is -1.92. The number of hydrogen-bond donors (Lipinski definition) is 3. The fraction of sp³-hybridized carbons (Fsp3) is 0.455. The van der Waals surface area contributed by atoms with Gasteiger partial charge in [0.15, 0.2) is 23.3 Å². The fourth-order valence-corrected chi connectivity index (χ4v) is 1.25. The number of nitrogens with zero attached hydrogens (tertiary/aromatic N) is 1. The zero-order valence-electron chi connectivity index (χ0n) is 10.3. The lowest BCUT2D eigenvalue weighted by Crippen LogP contribution is -2.38. The number of nitrogens with one attached hydrogen (secondary N) is 2. The van der Waals surface area contributed by atoms with Gasteiger partial charge in [0.05, 0.1) is 0 Å². The summed E-state index contributed by atoms with van der Waals surface area (Å²) < 4.78 is 26.2. The summed E-state index contributed by atoms with van der Waals surface area (Å²) in [6, 6.07) is -0.0650. The molecule has 100 valence electrons. The van der Waals surface area contributed by atoms with E-state index in [1.54, 1.807) is 6.92 Å². The summed E-state index contributed by atoms with van der Waals surface area (Å²) in [6.45, 7) is 4.00. The first-order valence-corrected chi connectivity index (χ1v) is 5.61. The molecule has 4 N–H and O–H groups in total. The van der Waals surface area contributed by atoms with Crippen LogP contribution in [-0.2, 0) is 4.79 Å². The lowest BCUT2D eigenvalue weighted by Gasteiger charge is -2.15. The Balaban J connectivity index is 2.72. The Labute approximate surface area is 104 Å². The second kappa shape index (κ2) is 6.13. The van der Waals surface area contributed by atoms with Crippen molar-refractivity contribution in [3.05, 3.63) is 17.7 Å². The molecule has 1 amide bonds. The molecule has 7 heteroatoms. The third kappa shape index (κ3) is 3.54. The number of nitrogens with two attached hydrogens (primary N) is 1. The minimum absolute atomic E-state index is 0.243. The lowest BCUT2D eigenvalue weighted by atomic mass is 10.3. The normalized spacial score (nSPS) is 12.0. The van der Waals surface area contributed by atoms with Crippen LogP contribution in [0.2, 0.25) is 0 Å². The molecule has 1 aromatic heterocycles. The van der Waals surface area contributed by atoms with Crippen molar-refractivity contribution < 1.29 is 13.6 Å². The molecular weight excluding hydrogens is 242 g/mol. The van der Waals surface area contributed by atoms with Gasteiger partial charge in [-0.15, -0.1) is 0 Å². The first-order chi connectivity index (χ1) is 8.45. The van der Waals surface area contributed by atoms with Crippen LogP contribution in [0.5, 0.6) is 0 Å². The summed E-state index contributed by atoms with van der Waals surface area (Å²) in [7, 11) is 0. The standard InChI is InChI=1S/C11H16F2N4O/c1-3-4-15-11(18)6(2)16-10-8(13)5-7(12)9(14)17-10/h5-6H,3-4H2,1-2H3,(H,15,18)(H3,14,16,17). The van der Waals surface area contributed by atoms with Crippen molar-refractivity contribution in [1.29, 1.82) is 0 Å². The molecule has 1 rings (SSSR count). The van der Waals surface area contributed by atoms with Gasteiger partial charge in [0.1, 0.15) is 6.04 Å². The van der Waals surface area contributed by atoms with Gasteiger partial charge in [0, 0.05) is 12.6 Å². The fourth-order valence-electron chi connectivity index (χ4n) is 1.25.